The molecule has 2 heterocycles. The van der Waals surface area contributed by atoms with Gasteiger partial charge in [0.1, 0.15) is 5.82 Å². The number of hydrogen-bond acceptors (Lipinski definition) is 4. The van der Waals surface area contributed by atoms with Crippen LogP contribution in [0.5, 0.6) is 11.5 Å². The molecule has 0 saturated heterocycles. The third-order valence-corrected chi connectivity index (χ3v) is 4.27. The standard InChI is InChI=1S/C19H25N3O3/c1-15-20-9-11-22(15)10-2-8-21-19(23)7-5-16-4-6-17-18(14-16)25-13-3-12-24-17/h4,6,9,11,14H,2-3,5,7-8,10,12-13H2,1H3,(H,21,23). The van der Waals surface area contributed by atoms with Crippen molar-refractivity contribution in [3.05, 3.63) is 42.0 Å². The molecule has 1 aliphatic heterocycles. The molecular formula is C19H25N3O3. The van der Waals surface area contributed by atoms with Crippen molar-refractivity contribution >= 4 is 5.91 Å². The van der Waals surface area contributed by atoms with Gasteiger partial charge in [-0.2, -0.15) is 0 Å². The summed E-state index contributed by atoms with van der Waals surface area (Å²) in [5.74, 6) is 2.65. The van der Waals surface area contributed by atoms with Gasteiger partial charge in [-0.15, -0.1) is 0 Å². The number of aromatic nitrogens is 2. The Morgan fingerprint density at radius 3 is 2.92 bits per heavy atom. The maximum Gasteiger partial charge on any atom is 0.220 e. The van der Waals surface area contributed by atoms with Crippen molar-refractivity contribution in [2.45, 2.75) is 39.2 Å². The van der Waals surface area contributed by atoms with E-state index in [0.29, 0.717) is 32.6 Å². The number of rotatable bonds is 7. The van der Waals surface area contributed by atoms with Crippen LogP contribution in [0.4, 0.5) is 0 Å². The van der Waals surface area contributed by atoms with Crippen molar-refractivity contribution in [3.8, 4) is 11.5 Å². The molecule has 0 saturated carbocycles. The Morgan fingerprint density at radius 2 is 2.12 bits per heavy atom. The molecule has 134 valence electrons. The second-order valence-electron chi connectivity index (χ2n) is 6.20. The van der Waals surface area contributed by atoms with Gasteiger partial charge in [-0.3, -0.25) is 4.79 Å². The Bertz CT molecular complexity index is 712. The molecule has 25 heavy (non-hydrogen) atoms. The Hall–Kier alpha value is -2.50. The van der Waals surface area contributed by atoms with E-state index in [4.69, 9.17) is 9.47 Å². The van der Waals surface area contributed by atoms with Gasteiger partial charge >= 0.3 is 0 Å². The summed E-state index contributed by atoms with van der Waals surface area (Å²) in [5.41, 5.74) is 1.09. The van der Waals surface area contributed by atoms with Crippen LogP contribution in [-0.2, 0) is 17.8 Å². The van der Waals surface area contributed by atoms with Crippen molar-refractivity contribution < 1.29 is 14.3 Å². The van der Waals surface area contributed by atoms with Crippen LogP contribution in [0.2, 0.25) is 0 Å². The predicted molar refractivity (Wildman–Crippen MR) is 95.0 cm³/mol. The van der Waals surface area contributed by atoms with E-state index in [1.165, 1.54) is 0 Å². The second-order valence-corrected chi connectivity index (χ2v) is 6.20. The summed E-state index contributed by atoms with van der Waals surface area (Å²) in [6.45, 7) is 4.89. The van der Waals surface area contributed by atoms with Gasteiger partial charge in [0, 0.05) is 38.3 Å². The highest BCUT2D eigenvalue weighted by molar-refractivity contribution is 5.76. The van der Waals surface area contributed by atoms with Crippen molar-refractivity contribution in [3.63, 3.8) is 0 Å². The molecule has 0 unspecified atom stereocenters. The number of carbonyl (C=O) groups is 1. The Balaban J connectivity index is 1.38. The van der Waals surface area contributed by atoms with Gasteiger partial charge in [-0.25, -0.2) is 4.98 Å². The third-order valence-electron chi connectivity index (χ3n) is 4.27. The first-order valence-corrected chi connectivity index (χ1v) is 8.85. The lowest BCUT2D eigenvalue weighted by atomic mass is 10.1. The topological polar surface area (TPSA) is 65.4 Å². The van der Waals surface area contributed by atoms with Crippen molar-refractivity contribution in [1.29, 1.82) is 0 Å². The van der Waals surface area contributed by atoms with E-state index in [2.05, 4.69) is 14.9 Å². The van der Waals surface area contributed by atoms with E-state index < -0.39 is 0 Å². The summed E-state index contributed by atoms with van der Waals surface area (Å²) >= 11 is 0. The monoisotopic (exact) mass is 343 g/mol. The number of nitrogens with one attached hydrogen (secondary N) is 1. The summed E-state index contributed by atoms with van der Waals surface area (Å²) in [6, 6.07) is 5.92. The number of amides is 1. The van der Waals surface area contributed by atoms with E-state index >= 15 is 0 Å². The van der Waals surface area contributed by atoms with E-state index in [-0.39, 0.29) is 5.91 Å². The molecule has 0 spiro atoms. The summed E-state index contributed by atoms with van der Waals surface area (Å²) in [5, 5.41) is 2.98. The van der Waals surface area contributed by atoms with Crippen LogP contribution >= 0.6 is 0 Å². The molecule has 1 aliphatic rings. The van der Waals surface area contributed by atoms with Crippen molar-refractivity contribution in [2.24, 2.45) is 0 Å². The minimum Gasteiger partial charge on any atom is -0.490 e. The first-order valence-electron chi connectivity index (χ1n) is 8.85. The van der Waals surface area contributed by atoms with Gasteiger partial charge < -0.3 is 19.4 Å². The van der Waals surface area contributed by atoms with Gasteiger partial charge in [-0.1, -0.05) is 6.07 Å². The van der Waals surface area contributed by atoms with Crippen LogP contribution in [0.3, 0.4) is 0 Å². The van der Waals surface area contributed by atoms with E-state index in [9.17, 15) is 4.79 Å². The Kier molecular flexibility index (Phi) is 5.93. The van der Waals surface area contributed by atoms with Crippen LogP contribution in [0, 0.1) is 6.92 Å². The molecule has 0 aliphatic carbocycles. The zero-order chi connectivity index (χ0) is 17.5. The minimum absolute atomic E-state index is 0.0782. The average molecular weight is 343 g/mol. The average Bonchev–Trinajstić information content (AvgIpc) is 2.88. The molecule has 6 nitrogen and oxygen atoms in total. The van der Waals surface area contributed by atoms with Gasteiger partial charge in [-0.05, 0) is 37.5 Å². The van der Waals surface area contributed by atoms with Gasteiger partial charge in [0.25, 0.3) is 0 Å². The zero-order valence-electron chi connectivity index (χ0n) is 14.7. The number of benzene rings is 1. The summed E-state index contributed by atoms with van der Waals surface area (Å²) in [4.78, 5) is 16.2. The lowest BCUT2D eigenvalue weighted by molar-refractivity contribution is -0.121. The molecule has 1 aromatic carbocycles. The lowest BCUT2D eigenvalue weighted by Gasteiger charge is -2.10. The van der Waals surface area contributed by atoms with Crippen LogP contribution in [0.15, 0.2) is 30.6 Å². The number of fused-ring (bicyclic) bond motifs is 1. The van der Waals surface area contributed by atoms with Gasteiger partial charge in [0.2, 0.25) is 5.91 Å². The lowest BCUT2D eigenvalue weighted by Crippen LogP contribution is -2.25. The Labute approximate surface area is 148 Å². The first-order chi connectivity index (χ1) is 12.2. The highest BCUT2D eigenvalue weighted by Gasteiger charge is 2.11. The molecule has 1 amide bonds. The molecule has 1 N–H and O–H groups in total. The van der Waals surface area contributed by atoms with E-state index in [1.807, 2.05) is 31.3 Å². The quantitative estimate of drug-likeness (QED) is 0.785. The highest BCUT2D eigenvalue weighted by Crippen LogP contribution is 2.30. The SMILES string of the molecule is Cc1nccn1CCCNC(=O)CCc1ccc2c(c1)OCCCO2. The fourth-order valence-electron chi connectivity index (χ4n) is 2.83. The van der Waals surface area contributed by atoms with E-state index in [1.54, 1.807) is 6.20 Å². The molecule has 3 rings (SSSR count). The molecule has 2 aromatic rings. The van der Waals surface area contributed by atoms with Gasteiger partial charge in [0.15, 0.2) is 11.5 Å². The molecule has 6 heteroatoms. The van der Waals surface area contributed by atoms with E-state index in [0.717, 1.165) is 42.3 Å². The fraction of sp³-hybridized carbons (Fsp3) is 0.474. The number of imidazole rings is 1. The predicted octanol–water partition coefficient (Wildman–Crippen LogP) is 2.49. The van der Waals surface area contributed by atoms with Crippen LogP contribution in [0.1, 0.15) is 30.7 Å². The van der Waals surface area contributed by atoms with Gasteiger partial charge in [0.05, 0.1) is 13.2 Å². The number of nitrogens with zero attached hydrogens (tertiary/aromatic N) is 2. The van der Waals surface area contributed by atoms with Crippen molar-refractivity contribution in [1.82, 2.24) is 14.9 Å². The molecular weight excluding hydrogens is 318 g/mol. The van der Waals surface area contributed by atoms with Crippen LogP contribution in [0.25, 0.3) is 0 Å². The largest absolute Gasteiger partial charge is 0.490 e. The normalized spacial score (nSPS) is 13.3. The summed E-state index contributed by atoms with van der Waals surface area (Å²) in [7, 11) is 0. The third kappa shape index (κ3) is 4.98. The van der Waals surface area contributed by atoms with Crippen LogP contribution in [-0.4, -0.2) is 35.2 Å². The molecule has 0 radical (unpaired) electrons. The molecule has 0 bridgehead atoms. The number of carbonyl (C=O) groups excluding carboxylic acids is 1. The molecule has 1 aromatic heterocycles. The summed E-state index contributed by atoms with van der Waals surface area (Å²) < 4.78 is 13.4. The minimum atomic E-state index is 0.0782. The zero-order valence-corrected chi connectivity index (χ0v) is 14.7. The maximum absolute atomic E-state index is 12.0. The van der Waals surface area contributed by atoms with Crippen LogP contribution < -0.4 is 14.8 Å². The molecule has 0 atom stereocenters. The first kappa shape index (κ1) is 17.3. The highest BCUT2D eigenvalue weighted by atomic mass is 16.5. The number of ether oxygens (including phenoxy) is 2. The second kappa shape index (κ2) is 8.55. The number of hydrogen-bond donors (Lipinski definition) is 1. The summed E-state index contributed by atoms with van der Waals surface area (Å²) in [6.07, 6.45) is 6.72. The fourth-order valence-corrected chi connectivity index (χ4v) is 2.83. The maximum atomic E-state index is 12.0. The van der Waals surface area contributed by atoms with Crippen molar-refractivity contribution in [2.75, 3.05) is 19.8 Å². The number of aryl methyl sites for hydroxylation is 3. The molecule has 0 fully saturated rings. The smallest absolute Gasteiger partial charge is 0.220 e. The Morgan fingerprint density at radius 1 is 1.28 bits per heavy atom.